The van der Waals surface area contributed by atoms with Crippen molar-refractivity contribution in [1.82, 2.24) is 0 Å². The van der Waals surface area contributed by atoms with Crippen molar-refractivity contribution in [2.75, 3.05) is 34.3 Å². The molecule has 0 rings (SSSR count). The number of quaternary nitrogens is 1. The predicted molar refractivity (Wildman–Crippen MR) is 39.5 cm³/mol. The lowest BCUT2D eigenvalue weighted by atomic mass is 10.5. The largest absolute Gasteiger partial charge is 1.00 e. The zero-order valence-corrected chi connectivity index (χ0v) is 8.31. The van der Waals surface area contributed by atoms with Gasteiger partial charge in [0.1, 0.15) is 0 Å². The summed E-state index contributed by atoms with van der Waals surface area (Å²) in [7, 11) is 5.87. The number of carbonyl (C=O) groups excluding carboxylic acids is 1. The average Bonchev–Trinajstić information content (AvgIpc) is 1.59. The molecule has 0 aliphatic heterocycles. The normalized spacial score (nSPS) is 10.2. The van der Waals surface area contributed by atoms with Gasteiger partial charge in [0.25, 0.3) is 0 Å². The molecule has 0 bridgehead atoms. The first-order valence-electron chi connectivity index (χ1n) is 3.42. The van der Waals surface area contributed by atoms with Gasteiger partial charge in [-0.15, -0.1) is 0 Å². The van der Waals surface area contributed by atoms with Crippen LogP contribution < -0.4 is 12.4 Å². The number of ether oxygens (including phenoxy) is 1. The molecule has 0 atom stereocenters. The minimum absolute atomic E-state index is 0. The molecule has 68 valence electrons. The van der Waals surface area contributed by atoms with E-state index in [0.29, 0.717) is 17.6 Å². The average molecular weight is 182 g/mol. The maximum absolute atomic E-state index is 10.8. The fraction of sp³-hybridized carbons (Fsp3) is 0.857. The maximum Gasteiger partial charge on any atom is 0.361 e. The monoisotopic (exact) mass is 181 g/mol. The van der Waals surface area contributed by atoms with Crippen LogP contribution in [0.4, 0.5) is 0 Å². The van der Waals surface area contributed by atoms with Crippen molar-refractivity contribution in [2.45, 2.75) is 6.92 Å². The van der Waals surface area contributed by atoms with Gasteiger partial charge in [0, 0.05) is 0 Å². The van der Waals surface area contributed by atoms with Crippen LogP contribution >= 0.6 is 0 Å². The Morgan fingerprint density at radius 1 is 1.36 bits per heavy atom. The molecule has 0 aromatic heterocycles. The Labute approximate surface area is 74.3 Å². The highest BCUT2D eigenvalue weighted by Gasteiger charge is 2.14. The number of nitrogens with zero attached hydrogens (tertiary/aromatic N) is 1. The number of likely N-dealkylation sites (N-methyl/N-ethyl adjacent to an activating group) is 1. The standard InChI is InChI=1S/C7H16NO2.ClH/c1-5-10-7(9)6-8(2,3)4;/h5-6H2,1-4H3;1H/q+1;/p-1. The predicted octanol–water partition coefficient (Wildman–Crippen LogP) is -2.74. The summed E-state index contributed by atoms with van der Waals surface area (Å²) < 4.78 is 5.39. The molecule has 0 fully saturated rings. The van der Waals surface area contributed by atoms with Gasteiger partial charge in [0.2, 0.25) is 0 Å². The lowest BCUT2D eigenvalue weighted by molar-refractivity contribution is -0.862. The fourth-order valence-electron chi connectivity index (χ4n) is 0.594. The Bertz CT molecular complexity index is 120. The zero-order valence-electron chi connectivity index (χ0n) is 7.56. The molecule has 0 heterocycles. The van der Waals surface area contributed by atoms with Crippen LogP contribution in [0.3, 0.4) is 0 Å². The summed E-state index contributed by atoms with van der Waals surface area (Å²) >= 11 is 0. The number of rotatable bonds is 3. The topological polar surface area (TPSA) is 26.3 Å². The minimum Gasteiger partial charge on any atom is -1.00 e. The lowest BCUT2D eigenvalue weighted by Gasteiger charge is -2.21. The Kier molecular flexibility index (Phi) is 6.52. The first-order valence-corrected chi connectivity index (χ1v) is 3.42. The van der Waals surface area contributed by atoms with E-state index in [1.807, 2.05) is 28.1 Å². The molecule has 0 aromatic rings. The van der Waals surface area contributed by atoms with E-state index in [9.17, 15) is 4.79 Å². The van der Waals surface area contributed by atoms with E-state index in [0.717, 1.165) is 0 Å². The van der Waals surface area contributed by atoms with Crippen LogP contribution in [0.25, 0.3) is 0 Å². The van der Waals surface area contributed by atoms with Crippen molar-refractivity contribution in [3.63, 3.8) is 0 Å². The Hall–Kier alpha value is -0.280. The van der Waals surface area contributed by atoms with E-state index in [4.69, 9.17) is 4.74 Å². The van der Waals surface area contributed by atoms with Gasteiger partial charge in [-0.1, -0.05) is 0 Å². The summed E-state index contributed by atoms with van der Waals surface area (Å²) in [5, 5.41) is 0. The van der Waals surface area contributed by atoms with Gasteiger partial charge in [-0.3, -0.25) is 0 Å². The van der Waals surface area contributed by atoms with Gasteiger partial charge in [-0.2, -0.15) is 0 Å². The van der Waals surface area contributed by atoms with E-state index < -0.39 is 0 Å². The van der Waals surface area contributed by atoms with Crippen LogP contribution in [-0.2, 0) is 9.53 Å². The highest BCUT2D eigenvalue weighted by molar-refractivity contribution is 5.70. The van der Waals surface area contributed by atoms with Crippen LogP contribution in [0.2, 0.25) is 0 Å². The van der Waals surface area contributed by atoms with Gasteiger partial charge < -0.3 is 21.6 Å². The van der Waals surface area contributed by atoms with Crippen molar-refractivity contribution in [3.8, 4) is 0 Å². The van der Waals surface area contributed by atoms with Crippen molar-refractivity contribution >= 4 is 5.97 Å². The summed E-state index contributed by atoms with van der Waals surface area (Å²) in [5.74, 6) is -0.130. The van der Waals surface area contributed by atoms with Crippen LogP contribution in [0.15, 0.2) is 0 Å². The van der Waals surface area contributed by atoms with Crippen LogP contribution in [0, 0.1) is 0 Å². The summed E-state index contributed by atoms with van der Waals surface area (Å²) in [6.45, 7) is 2.72. The first kappa shape index (κ1) is 13.3. The third-order valence-electron chi connectivity index (χ3n) is 0.909. The molecule has 11 heavy (non-hydrogen) atoms. The molecule has 0 spiro atoms. The molecular formula is C7H16ClNO2. The van der Waals surface area contributed by atoms with E-state index in [1.165, 1.54) is 0 Å². The number of halogens is 1. The van der Waals surface area contributed by atoms with E-state index in [2.05, 4.69) is 0 Å². The summed E-state index contributed by atoms with van der Waals surface area (Å²) in [4.78, 5) is 10.8. The van der Waals surface area contributed by atoms with Crippen molar-refractivity contribution < 1.29 is 26.4 Å². The molecule has 0 N–H and O–H groups in total. The molecule has 4 heteroatoms. The number of hydrogen-bond donors (Lipinski definition) is 0. The second-order valence-electron chi connectivity index (χ2n) is 3.25. The Balaban J connectivity index is 0. The number of hydrogen-bond acceptors (Lipinski definition) is 2. The molecule has 0 unspecified atom stereocenters. The van der Waals surface area contributed by atoms with E-state index >= 15 is 0 Å². The third-order valence-corrected chi connectivity index (χ3v) is 0.909. The summed E-state index contributed by atoms with van der Waals surface area (Å²) in [6, 6.07) is 0. The van der Waals surface area contributed by atoms with Gasteiger partial charge in [-0.25, -0.2) is 4.79 Å². The zero-order chi connectivity index (χ0) is 8.20. The molecule has 0 aliphatic carbocycles. The molecule has 3 nitrogen and oxygen atoms in total. The van der Waals surface area contributed by atoms with Gasteiger partial charge in [0.05, 0.1) is 27.7 Å². The molecule has 0 saturated heterocycles. The lowest BCUT2D eigenvalue weighted by Crippen LogP contribution is -3.00. The quantitative estimate of drug-likeness (QED) is 0.349. The second-order valence-corrected chi connectivity index (χ2v) is 3.25. The van der Waals surface area contributed by atoms with Crippen LogP contribution in [0.5, 0.6) is 0 Å². The molecule has 0 aliphatic rings. The van der Waals surface area contributed by atoms with Gasteiger partial charge in [0.15, 0.2) is 6.54 Å². The van der Waals surface area contributed by atoms with Crippen molar-refractivity contribution in [3.05, 3.63) is 0 Å². The number of carbonyl (C=O) groups is 1. The Morgan fingerprint density at radius 2 is 1.82 bits per heavy atom. The van der Waals surface area contributed by atoms with E-state index in [1.54, 1.807) is 0 Å². The molecule has 0 radical (unpaired) electrons. The van der Waals surface area contributed by atoms with Crippen molar-refractivity contribution in [1.29, 1.82) is 0 Å². The molecular weight excluding hydrogens is 166 g/mol. The highest BCUT2D eigenvalue weighted by atomic mass is 35.5. The summed E-state index contributed by atoms with van der Waals surface area (Å²) in [6.07, 6.45) is 0. The van der Waals surface area contributed by atoms with Crippen LogP contribution in [0.1, 0.15) is 6.92 Å². The smallest absolute Gasteiger partial charge is 0.361 e. The van der Waals surface area contributed by atoms with Crippen LogP contribution in [-0.4, -0.2) is 44.7 Å². The SMILES string of the molecule is CCOC(=O)C[N+](C)(C)C.[Cl-]. The molecule has 0 aromatic carbocycles. The van der Waals surface area contributed by atoms with Gasteiger partial charge >= 0.3 is 5.97 Å². The summed E-state index contributed by atoms with van der Waals surface area (Å²) in [5.41, 5.74) is 0. The number of esters is 1. The fourth-order valence-corrected chi connectivity index (χ4v) is 0.594. The maximum atomic E-state index is 10.8. The molecule has 0 amide bonds. The first-order chi connectivity index (χ1) is 4.45. The van der Waals surface area contributed by atoms with Crippen molar-refractivity contribution in [2.24, 2.45) is 0 Å². The van der Waals surface area contributed by atoms with Gasteiger partial charge in [-0.05, 0) is 6.92 Å². The second kappa shape index (κ2) is 5.38. The minimum atomic E-state index is -0.130. The highest BCUT2D eigenvalue weighted by Crippen LogP contribution is 1.90. The molecule has 0 saturated carbocycles. The Morgan fingerprint density at radius 3 is 2.09 bits per heavy atom. The third kappa shape index (κ3) is 9.72. The van der Waals surface area contributed by atoms with E-state index in [-0.39, 0.29) is 18.4 Å².